The number of fused-ring (bicyclic) bond motifs is 2. The largest absolute Gasteiger partial charge is 0.321 e. The van der Waals surface area contributed by atoms with Crippen molar-refractivity contribution in [3.05, 3.63) is 52.5 Å². The highest BCUT2D eigenvalue weighted by Crippen LogP contribution is 2.39. The zero-order valence-corrected chi connectivity index (χ0v) is 11.1. The van der Waals surface area contributed by atoms with Crippen LogP contribution in [0.2, 0.25) is 0 Å². The van der Waals surface area contributed by atoms with Crippen LogP contribution in [0.25, 0.3) is 0 Å². The van der Waals surface area contributed by atoms with Crippen molar-refractivity contribution in [2.24, 2.45) is 0 Å². The first-order valence-corrected chi connectivity index (χ1v) is 6.73. The number of nitrogens with one attached hydrogen (secondary N) is 1. The lowest BCUT2D eigenvalue weighted by atomic mass is 10.2. The summed E-state index contributed by atoms with van der Waals surface area (Å²) in [7, 11) is 0. The van der Waals surface area contributed by atoms with Crippen molar-refractivity contribution in [1.82, 2.24) is 0 Å². The van der Waals surface area contributed by atoms with Crippen LogP contribution in [0.3, 0.4) is 0 Å². The summed E-state index contributed by atoms with van der Waals surface area (Å²) < 4.78 is 0.961. The lowest BCUT2D eigenvalue weighted by molar-refractivity contribution is 0.102. The summed E-state index contributed by atoms with van der Waals surface area (Å²) in [5.74, 6) is -0.0510. The van der Waals surface area contributed by atoms with Crippen LogP contribution in [0, 0.1) is 0 Å². The molecule has 1 aliphatic heterocycles. The van der Waals surface area contributed by atoms with Crippen molar-refractivity contribution in [3.63, 3.8) is 0 Å². The molecule has 0 unspecified atom stereocenters. The van der Waals surface area contributed by atoms with Crippen molar-refractivity contribution in [2.75, 3.05) is 5.32 Å². The van der Waals surface area contributed by atoms with Crippen molar-refractivity contribution in [3.8, 4) is 0 Å². The fourth-order valence-corrected chi connectivity index (χ4v) is 3.11. The molecule has 0 bridgehead atoms. The number of anilines is 1. The van der Waals surface area contributed by atoms with Crippen LogP contribution in [0.5, 0.6) is 0 Å². The molecule has 2 aromatic rings. The van der Waals surface area contributed by atoms with Gasteiger partial charge < -0.3 is 5.32 Å². The Balaban J connectivity index is 2.17. The highest BCUT2D eigenvalue weighted by molar-refractivity contribution is 9.10. The van der Waals surface area contributed by atoms with Gasteiger partial charge >= 0.3 is 0 Å². The van der Waals surface area contributed by atoms with Gasteiger partial charge in [0.05, 0.1) is 11.3 Å². The van der Waals surface area contributed by atoms with Gasteiger partial charge in [-0.15, -0.1) is 0 Å². The molecule has 0 fully saturated rings. The molecule has 2 nitrogen and oxygen atoms in total. The molecule has 0 radical (unpaired) electrons. The zero-order valence-electron chi connectivity index (χ0n) is 8.74. The third-order valence-electron chi connectivity index (χ3n) is 2.54. The summed E-state index contributed by atoms with van der Waals surface area (Å²) >= 11 is 5.02. The third kappa shape index (κ3) is 1.98. The predicted octanol–water partition coefficient (Wildman–Crippen LogP) is 4.17. The van der Waals surface area contributed by atoms with E-state index in [9.17, 15) is 4.79 Å². The molecule has 0 saturated carbocycles. The lowest BCUT2D eigenvalue weighted by Crippen LogP contribution is -2.11. The van der Waals surface area contributed by atoms with E-state index in [1.807, 2.05) is 42.5 Å². The predicted molar refractivity (Wildman–Crippen MR) is 72.7 cm³/mol. The number of carbonyl (C=O) groups is 1. The first kappa shape index (κ1) is 10.9. The molecular weight excluding hydrogens is 298 g/mol. The average Bonchev–Trinajstić information content (AvgIpc) is 2.46. The maximum absolute atomic E-state index is 12.0. The van der Waals surface area contributed by atoms with Gasteiger partial charge in [0.25, 0.3) is 5.91 Å². The first-order chi connectivity index (χ1) is 8.24. The van der Waals surface area contributed by atoms with Crippen LogP contribution in [0.15, 0.2) is 56.7 Å². The molecule has 1 amide bonds. The summed E-state index contributed by atoms with van der Waals surface area (Å²) in [6.45, 7) is 0. The van der Waals surface area contributed by atoms with Crippen LogP contribution >= 0.6 is 27.7 Å². The fourth-order valence-electron chi connectivity index (χ4n) is 1.74. The Hall–Kier alpha value is -1.26. The van der Waals surface area contributed by atoms with E-state index < -0.39 is 0 Å². The number of hydrogen-bond donors (Lipinski definition) is 1. The van der Waals surface area contributed by atoms with Crippen molar-refractivity contribution >= 4 is 39.3 Å². The second-order valence-electron chi connectivity index (χ2n) is 3.69. The van der Waals surface area contributed by atoms with E-state index in [1.54, 1.807) is 11.8 Å². The van der Waals surface area contributed by atoms with Crippen molar-refractivity contribution in [1.29, 1.82) is 0 Å². The van der Waals surface area contributed by atoms with Gasteiger partial charge in [-0.3, -0.25) is 4.79 Å². The second kappa shape index (κ2) is 4.20. The highest BCUT2D eigenvalue weighted by Gasteiger charge is 2.19. The first-order valence-electron chi connectivity index (χ1n) is 5.12. The van der Waals surface area contributed by atoms with E-state index in [0.29, 0.717) is 0 Å². The lowest BCUT2D eigenvalue weighted by Gasteiger charge is -2.05. The molecule has 17 heavy (non-hydrogen) atoms. The minimum atomic E-state index is -0.0510. The number of amides is 1. The van der Waals surface area contributed by atoms with Crippen LogP contribution < -0.4 is 5.32 Å². The Labute approximate surface area is 112 Å². The van der Waals surface area contributed by atoms with Crippen LogP contribution in [0.1, 0.15) is 10.4 Å². The number of benzene rings is 2. The Morgan fingerprint density at radius 2 is 1.88 bits per heavy atom. The van der Waals surface area contributed by atoms with Crippen LogP contribution in [-0.4, -0.2) is 5.91 Å². The molecule has 0 saturated heterocycles. The molecule has 3 rings (SSSR count). The van der Waals surface area contributed by atoms with Gasteiger partial charge in [0.15, 0.2) is 0 Å². The molecule has 0 spiro atoms. The van der Waals surface area contributed by atoms with Gasteiger partial charge in [-0.25, -0.2) is 0 Å². The van der Waals surface area contributed by atoms with Crippen molar-refractivity contribution in [2.45, 2.75) is 9.79 Å². The third-order valence-corrected chi connectivity index (χ3v) is 4.19. The molecule has 0 aromatic heterocycles. The number of carbonyl (C=O) groups excluding carboxylic acids is 1. The Bertz CT molecular complexity index is 612. The second-order valence-corrected chi connectivity index (χ2v) is 5.69. The molecule has 2 aromatic carbocycles. The van der Waals surface area contributed by atoms with E-state index in [1.165, 1.54) is 0 Å². The van der Waals surface area contributed by atoms with Gasteiger partial charge in [-0.05, 0) is 30.3 Å². The molecule has 0 aliphatic carbocycles. The van der Waals surface area contributed by atoms with E-state index in [4.69, 9.17) is 0 Å². The zero-order chi connectivity index (χ0) is 11.8. The summed E-state index contributed by atoms with van der Waals surface area (Å²) in [6, 6.07) is 13.5. The molecule has 4 heteroatoms. The van der Waals surface area contributed by atoms with Gasteiger partial charge in [0, 0.05) is 14.3 Å². The molecule has 1 aliphatic rings. The fraction of sp³-hybridized carbons (Fsp3) is 0. The van der Waals surface area contributed by atoms with E-state index in [2.05, 4.69) is 21.2 Å². The van der Waals surface area contributed by atoms with Gasteiger partial charge in [0.1, 0.15) is 0 Å². The van der Waals surface area contributed by atoms with E-state index in [-0.39, 0.29) is 5.91 Å². The smallest absolute Gasteiger partial charge is 0.256 e. The summed E-state index contributed by atoms with van der Waals surface area (Å²) in [4.78, 5) is 14.1. The Morgan fingerprint density at radius 3 is 2.76 bits per heavy atom. The maximum atomic E-state index is 12.0. The topological polar surface area (TPSA) is 29.1 Å². The monoisotopic (exact) mass is 305 g/mol. The quantitative estimate of drug-likeness (QED) is 0.791. The number of hydrogen-bond acceptors (Lipinski definition) is 2. The molecule has 0 atom stereocenters. The normalized spacial score (nSPS) is 13.4. The number of rotatable bonds is 0. The van der Waals surface area contributed by atoms with Gasteiger partial charge in [0.2, 0.25) is 0 Å². The SMILES string of the molecule is O=C1Nc2cc(Br)ccc2Sc2ccccc21. The van der Waals surface area contributed by atoms with Crippen LogP contribution in [0.4, 0.5) is 5.69 Å². The summed E-state index contributed by atoms with van der Waals surface area (Å²) in [6.07, 6.45) is 0. The maximum Gasteiger partial charge on any atom is 0.256 e. The molecule has 1 N–H and O–H groups in total. The molecule has 1 heterocycles. The minimum Gasteiger partial charge on any atom is -0.321 e. The van der Waals surface area contributed by atoms with Crippen LogP contribution in [-0.2, 0) is 0 Å². The Morgan fingerprint density at radius 1 is 1.06 bits per heavy atom. The Kier molecular flexibility index (Phi) is 2.68. The van der Waals surface area contributed by atoms with E-state index >= 15 is 0 Å². The van der Waals surface area contributed by atoms with E-state index in [0.717, 1.165) is 25.5 Å². The summed E-state index contributed by atoms with van der Waals surface area (Å²) in [5, 5.41) is 2.93. The van der Waals surface area contributed by atoms with Gasteiger partial charge in [-0.1, -0.05) is 39.8 Å². The average molecular weight is 306 g/mol. The molecule has 84 valence electrons. The van der Waals surface area contributed by atoms with Crippen molar-refractivity contribution < 1.29 is 4.79 Å². The number of halogens is 1. The highest BCUT2D eigenvalue weighted by atomic mass is 79.9. The standard InChI is InChI=1S/C13H8BrNOS/c14-8-5-6-12-10(7-8)15-13(16)9-3-1-2-4-11(9)17-12/h1-7H,(H,15,16). The molecular formula is C13H8BrNOS. The van der Waals surface area contributed by atoms with Gasteiger partial charge in [-0.2, -0.15) is 0 Å². The summed E-state index contributed by atoms with van der Waals surface area (Å²) in [5.41, 5.74) is 1.58. The minimum absolute atomic E-state index is 0.0510.